The molecule has 3 heteroatoms. The number of fused-ring (bicyclic) bond motifs is 1. The first-order valence-electron chi connectivity index (χ1n) is 5.94. The first-order valence-corrected chi connectivity index (χ1v) is 5.94. The molecule has 1 aromatic rings. The number of carbonyl (C=O) groups is 1. The largest absolute Gasteiger partial charge is 0.497 e. The van der Waals surface area contributed by atoms with Crippen LogP contribution >= 0.6 is 0 Å². The predicted molar refractivity (Wildman–Crippen MR) is 63.2 cm³/mol. The van der Waals surface area contributed by atoms with Gasteiger partial charge in [-0.2, -0.15) is 0 Å². The highest BCUT2D eigenvalue weighted by Crippen LogP contribution is 2.63. The van der Waals surface area contributed by atoms with Crippen molar-refractivity contribution in [2.24, 2.45) is 5.92 Å². The van der Waals surface area contributed by atoms with Gasteiger partial charge in [0.1, 0.15) is 5.75 Å². The summed E-state index contributed by atoms with van der Waals surface area (Å²) in [4.78, 5) is 12.0. The summed E-state index contributed by atoms with van der Waals surface area (Å²) in [5.74, 6) is 1.61. The molecule has 1 aromatic carbocycles. The molecular formula is C14H13NO2. The Morgan fingerprint density at radius 3 is 3.12 bits per heavy atom. The van der Waals surface area contributed by atoms with E-state index in [1.54, 1.807) is 13.2 Å². The maximum Gasteiger partial charge on any atom is 0.187 e. The number of ketones is 1. The number of piperidine rings is 1. The second-order valence-corrected chi connectivity index (χ2v) is 5.09. The van der Waals surface area contributed by atoms with Crippen LogP contribution in [0.2, 0.25) is 0 Å². The van der Waals surface area contributed by atoms with Gasteiger partial charge in [-0.1, -0.05) is 0 Å². The molecule has 4 rings (SSSR count). The van der Waals surface area contributed by atoms with E-state index in [0.29, 0.717) is 5.92 Å². The van der Waals surface area contributed by atoms with Crippen LogP contribution in [0.1, 0.15) is 22.3 Å². The van der Waals surface area contributed by atoms with Crippen LogP contribution in [-0.4, -0.2) is 19.4 Å². The molecule has 2 atom stereocenters. The molecule has 1 N–H and O–H groups in total. The van der Waals surface area contributed by atoms with Crippen molar-refractivity contribution < 1.29 is 9.53 Å². The Balaban J connectivity index is 1.98. The smallest absolute Gasteiger partial charge is 0.187 e. The van der Waals surface area contributed by atoms with Crippen molar-refractivity contribution in [3.63, 3.8) is 0 Å². The molecule has 1 heterocycles. The van der Waals surface area contributed by atoms with E-state index in [4.69, 9.17) is 4.74 Å². The highest BCUT2D eigenvalue weighted by molar-refractivity contribution is 6.08. The normalized spacial score (nSPS) is 31.9. The second-order valence-electron chi connectivity index (χ2n) is 5.09. The summed E-state index contributed by atoms with van der Waals surface area (Å²) >= 11 is 0. The van der Waals surface area contributed by atoms with Crippen molar-refractivity contribution in [1.82, 2.24) is 5.32 Å². The summed E-state index contributed by atoms with van der Waals surface area (Å²) < 4.78 is 5.28. The summed E-state index contributed by atoms with van der Waals surface area (Å²) in [6.45, 7) is 0.996. The van der Waals surface area contributed by atoms with E-state index in [9.17, 15) is 4.79 Å². The lowest BCUT2D eigenvalue weighted by Gasteiger charge is -2.24. The molecule has 1 aliphatic heterocycles. The molecule has 17 heavy (non-hydrogen) atoms. The van der Waals surface area contributed by atoms with Crippen LogP contribution in [0, 0.1) is 5.92 Å². The van der Waals surface area contributed by atoms with Crippen molar-refractivity contribution in [3.8, 4) is 5.75 Å². The Labute approximate surface area is 99.5 Å². The third-order valence-corrected chi connectivity index (χ3v) is 4.37. The number of carbonyl (C=O) groups excluding carboxylic acids is 1. The number of ether oxygens (including phenoxy) is 1. The molecule has 0 bridgehead atoms. The van der Waals surface area contributed by atoms with Crippen molar-refractivity contribution in [1.29, 1.82) is 0 Å². The van der Waals surface area contributed by atoms with Gasteiger partial charge >= 0.3 is 0 Å². The summed E-state index contributed by atoms with van der Waals surface area (Å²) in [7, 11) is 1.66. The lowest BCUT2D eigenvalue weighted by Crippen LogP contribution is -2.25. The number of allylic oxidation sites excluding steroid dienone is 2. The fourth-order valence-corrected chi connectivity index (χ4v) is 3.39. The molecule has 2 unspecified atom stereocenters. The van der Waals surface area contributed by atoms with Gasteiger partial charge in [0.2, 0.25) is 0 Å². The Morgan fingerprint density at radius 1 is 1.47 bits per heavy atom. The van der Waals surface area contributed by atoms with E-state index in [1.165, 1.54) is 6.42 Å². The average molecular weight is 227 g/mol. The monoisotopic (exact) mass is 227 g/mol. The molecule has 1 saturated heterocycles. The molecule has 86 valence electrons. The third kappa shape index (κ3) is 0.954. The molecule has 3 nitrogen and oxygen atoms in total. The summed E-state index contributed by atoms with van der Waals surface area (Å²) in [5.41, 5.74) is 3.24. The van der Waals surface area contributed by atoms with E-state index in [-0.39, 0.29) is 11.2 Å². The molecule has 0 radical (unpaired) electrons. The van der Waals surface area contributed by atoms with Gasteiger partial charge in [-0.25, -0.2) is 0 Å². The Kier molecular flexibility index (Phi) is 1.49. The number of hydrogen-bond acceptors (Lipinski definition) is 3. The molecule has 2 aliphatic carbocycles. The van der Waals surface area contributed by atoms with Crippen LogP contribution in [-0.2, 0) is 5.41 Å². The van der Waals surface area contributed by atoms with E-state index >= 15 is 0 Å². The molecule has 0 amide bonds. The number of nitrogens with one attached hydrogen (secondary N) is 1. The zero-order chi connectivity index (χ0) is 11.6. The van der Waals surface area contributed by atoms with Crippen LogP contribution in [0.3, 0.4) is 0 Å². The average Bonchev–Trinajstić information content (AvgIpc) is 2.98. The fourth-order valence-electron chi connectivity index (χ4n) is 3.39. The number of benzene rings is 1. The third-order valence-electron chi connectivity index (χ3n) is 4.37. The van der Waals surface area contributed by atoms with Gasteiger partial charge in [0, 0.05) is 29.3 Å². The van der Waals surface area contributed by atoms with E-state index in [0.717, 1.165) is 29.1 Å². The SMILES string of the molecule is COc1ccc2c(c1)C13CC1CNC3=CC2=O. The van der Waals surface area contributed by atoms with E-state index < -0.39 is 0 Å². The van der Waals surface area contributed by atoms with Crippen LogP contribution in [0.4, 0.5) is 0 Å². The zero-order valence-corrected chi connectivity index (χ0v) is 9.62. The van der Waals surface area contributed by atoms with Gasteiger partial charge in [0.25, 0.3) is 0 Å². The second kappa shape index (κ2) is 2.73. The lowest BCUT2D eigenvalue weighted by atomic mass is 9.81. The Hall–Kier alpha value is -1.77. The van der Waals surface area contributed by atoms with Crippen molar-refractivity contribution >= 4 is 5.78 Å². The van der Waals surface area contributed by atoms with Crippen LogP contribution in [0.5, 0.6) is 5.75 Å². The standard InChI is InChI=1S/C14H13NO2/c1-17-9-2-3-10-11(4-9)14-6-8(14)7-15-13(14)5-12(10)16/h2-5,8,15H,6-7H2,1H3. The van der Waals surface area contributed by atoms with E-state index in [1.807, 2.05) is 18.2 Å². The first-order chi connectivity index (χ1) is 8.25. The zero-order valence-electron chi connectivity index (χ0n) is 9.62. The van der Waals surface area contributed by atoms with Crippen molar-refractivity contribution in [2.45, 2.75) is 11.8 Å². The predicted octanol–water partition coefficient (Wildman–Crippen LogP) is 1.64. The topological polar surface area (TPSA) is 38.3 Å². The summed E-state index contributed by atoms with van der Waals surface area (Å²) in [5, 5.41) is 3.36. The first kappa shape index (κ1) is 9.28. The molecule has 1 spiro atoms. The summed E-state index contributed by atoms with van der Waals surface area (Å²) in [6.07, 6.45) is 2.95. The van der Waals surface area contributed by atoms with Crippen LogP contribution in [0.25, 0.3) is 0 Å². The molecule has 1 saturated carbocycles. The van der Waals surface area contributed by atoms with Crippen LogP contribution in [0.15, 0.2) is 30.0 Å². The summed E-state index contributed by atoms with van der Waals surface area (Å²) in [6, 6.07) is 5.80. The Bertz CT molecular complexity index is 576. The minimum absolute atomic E-state index is 0.109. The fraction of sp³-hybridized carbons (Fsp3) is 0.357. The minimum Gasteiger partial charge on any atom is -0.497 e. The van der Waals surface area contributed by atoms with Gasteiger partial charge in [0.05, 0.1) is 7.11 Å². The quantitative estimate of drug-likeness (QED) is 0.792. The maximum absolute atomic E-state index is 12.0. The van der Waals surface area contributed by atoms with Gasteiger partial charge in [0.15, 0.2) is 5.78 Å². The number of hydrogen-bond donors (Lipinski definition) is 1. The van der Waals surface area contributed by atoms with Crippen LogP contribution < -0.4 is 10.1 Å². The minimum atomic E-state index is 0.109. The van der Waals surface area contributed by atoms with Gasteiger partial charge in [-0.05, 0) is 36.1 Å². The highest BCUT2D eigenvalue weighted by atomic mass is 16.5. The van der Waals surface area contributed by atoms with Crippen molar-refractivity contribution in [3.05, 3.63) is 41.1 Å². The lowest BCUT2D eigenvalue weighted by molar-refractivity contribution is 0.104. The van der Waals surface area contributed by atoms with Gasteiger partial charge < -0.3 is 10.1 Å². The molecule has 3 aliphatic rings. The van der Waals surface area contributed by atoms with Gasteiger partial charge in [-0.3, -0.25) is 4.79 Å². The molecule has 2 fully saturated rings. The maximum atomic E-state index is 12.0. The van der Waals surface area contributed by atoms with Gasteiger partial charge in [-0.15, -0.1) is 0 Å². The number of rotatable bonds is 1. The Morgan fingerprint density at radius 2 is 2.35 bits per heavy atom. The molecule has 0 aromatic heterocycles. The van der Waals surface area contributed by atoms with Crippen molar-refractivity contribution in [2.75, 3.05) is 13.7 Å². The molecular weight excluding hydrogens is 214 g/mol. The number of methoxy groups -OCH3 is 1. The highest BCUT2D eigenvalue weighted by Gasteiger charge is 2.63. The van der Waals surface area contributed by atoms with E-state index in [2.05, 4.69) is 5.32 Å².